The quantitative estimate of drug-likeness (QED) is 0.841. The maximum absolute atomic E-state index is 3.55. The summed E-state index contributed by atoms with van der Waals surface area (Å²) in [6, 6.07) is 1.64. The highest BCUT2D eigenvalue weighted by Crippen LogP contribution is 2.37. The summed E-state index contributed by atoms with van der Waals surface area (Å²) in [5, 5.41) is 3.55. The van der Waals surface area contributed by atoms with Crippen LogP contribution in [0.3, 0.4) is 0 Å². The summed E-state index contributed by atoms with van der Waals surface area (Å²) in [5.41, 5.74) is 0. The van der Waals surface area contributed by atoms with Gasteiger partial charge in [0.05, 0.1) is 0 Å². The second-order valence-corrected chi connectivity index (χ2v) is 7.39. The smallest absolute Gasteiger partial charge is 0.0128 e. The second-order valence-electron chi connectivity index (χ2n) is 7.39. The van der Waals surface area contributed by atoms with Crippen molar-refractivity contribution in [2.75, 3.05) is 20.1 Å². The van der Waals surface area contributed by atoms with Crippen LogP contribution in [0.5, 0.6) is 0 Å². The summed E-state index contributed by atoms with van der Waals surface area (Å²) in [5.74, 6) is 2.67. The number of hydrogen-bond donors (Lipinski definition) is 1. The summed E-state index contributed by atoms with van der Waals surface area (Å²) in [6.45, 7) is 9.74. The lowest BCUT2D eigenvalue weighted by Crippen LogP contribution is -2.48. The Kier molecular flexibility index (Phi) is 5.70. The molecule has 0 amide bonds. The zero-order chi connectivity index (χ0) is 13.8. The Morgan fingerprint density at radius 1 is 1.05 bits per heavy atom. The van der Waals surface area contributed by atoms with Crippen molar-refractivity contribution in [3.8, 4) is 0 Å². The molecule has 0 bridgehead atoms. The molecule has 2 fully saturated rings. The molecule has 4 atom stereocenters. The molecule has 0 radical (unpaired) electrons. The Morgan fingerprint density at radius 2 is 1.84 bits per heavy atom. The molecule has 1 aliphatic heterocycles. The Morgan fingerprint density at radius 3 is 2.58 bits per heavy atom. The van der Waals surface area contributed by atoms with Crippen molar-refractivity contribution in [3.63, 3.8) is 0 Å². The molecule has 0 spiro atoms. The van der Waals surface area contributed by atoms with Crippen molar-refractivity contribution in [1.82, 2.24) is 10.2 Å². The van der Waals surface area contributed by atoms with E-state index in [0.717, 1.165) is 29.8 Å². The van der Waals surface area contributed by atoms with Gasteiger partial charge in [0.2, 0.25) is 0 Å². The molecule has 19 heavy (non-hydrogen) atoms. The highest BCUT2D eigenvalue weighted by atomic mass is 15.2. The van der Waals surface area contributed by atoms with Gasteiger partial charge in [-0.05, 0) is 70.0 Å². The SMILES string of the molecule is CC1CCC(C(C)C)C(N(C)C2CCCNCC2)C1. The lowest BCUT2D eigenvalue weighted by atomic mass is 9.73. The third kappa shape index (κ3) is 3.95. The first-order valence-corrected chi connectivity index (χ1v) is 8.52. The summed E-state index contributed by atoms with van der Waals surface area (Å²) < 4.78 is 0. The van der Waals surface area contributed by atoms with Crippen LogP contribution in [0.25, 0.3) is 0 Å². The first-order chi connectivity index (χ1) is 9.09. The van der Waals surface area contributed by atoms with Crippen LogP contribution >= 0.6 is 0 Å². The third-order valence-electron chi connectivity index (χ3n) is 5.63. The maximum atomic E-state index is 3.55. The van der Waals surface area contributed by atoms with E-state index in [9.17, 15) is 0 Å². The average Bonchev–Trinajstić information content (AvgIpc) is 2.66. The van der Waals surface area contributed by atoms with Gasteiger partial charge in [-0.15, -0.1) is 0 Å². The molecule has 1 saturated carbocycles. The van der Waals surface area contributed by atoms with Gasteiger partial charge < -0.3 is 10.2 Å². The van der Waals surface area contributed by atoms with E-state index in [2.05, 4.69) is 38.0 Å². The first-order valence-electron chi connectivity index (χ1n) is 8.52. The number of nitrogens with one attached hydrogen (secondary N) is 1. The average molecular weight is 266 g/mol. The summed E-state index contributed by atoms with van der Waals surface area (Å²) >= 11 is 0. The molecule has 0 aromatic heterocycles. The van der Waals surface area contributed by atoms with Crippen LogP contribution in [0.2, 0.25) is 0 Å². The van der Waals surface area contributed by atoms with E-state index in [4.69, 9.17) is 0 Å². The maximum Gasteiger partial charge on any atom is 0.0128 e. The molecule has 1 heterocycles. The molecule has 0 aromatic carbocycles. The van der Waals surface area contributed by atoms with Crippen LogP contribution in [0.4, 0.5) is 0 Å². The van der Waals surface area contributed by atoms with Gasteiger partial charge in [0.25, 0.3) is 0 Å². The second kappa shape index (κ2) is 7.08. The lowest BCUT2D eigenvalue weighted by Gasteiger charge is -2.45. The van der Waals surface area contributed by atoms with E-state index in [-0.39, 0.29) is 0 Å². The molecule has 0 aromatic rings. The van der Waals surface area contributed by atoms with Gasteiger partial charge in [0.15, 0.2) is 0 Å². The standard InChI is InChI=1S/C17H34N2/c1-13(2)16-8-7-14(3)12-17(16)19(4)15-6-5-10-18-11-9-15/h13-18H,5-12H2,1-4H3. The van der Waals surface area contributed by atoms with E-state index in [1.54, 1.807) is 0 Å². The molecule has 1 aliphatic carbocycles. The predicted molar refractivity (Wildman–Crippen MR) is 83.4 cm³/mol. The number of hydrogen-bond acceptors (Lipinski definition) is 2. The van der Waals surface area contributed by atoms with Crippen molar-refractivity contribution in [1.29, 1.82) is 0 Å². The number of nitrogens with zero attached hydrogens (tertiary/aromatic N) is 1. The van der Waals surface area contributed by atoms with Crippen LogP contribution in [-0.4, -0.2) is 37.1 Å². The predicted octanol–water partition coefficient (Wildman–Crippen LogP) is 3.52. The van der Waals surface area contributed by atoms with Gasteiger partial charge in [-0.2, -0.15) is 0 Å². The largest absolute Gasteiger partial charge is 0.317 e. The molecule has 2 nitrogen and oxygen atoms in total. The van der Waals surface area contributed by atoms with Crippen molar-refractivity contribution in [3.05, 3.63) is 0 Å². The summed E-state index contributed by atoms with van der Waals surface area (Å²) in [4.78, 5) is 2.77. The molecule has 1 N–H and O–H groups in total. The Hall–Kier alpha value is -0.0800. The van der Waals surface area contributed by atoms with Crippen LogP contribution in [-0.2, 0) is 0 Å². The summed E-state index contributed by atoms with van der Waals surface area (Å²) in [7, 11) is 2.41. The molecular weight excluding hydrogens is 232 g/mol. The minimum Gasteiger partial charge on any atom is -0.317 e. The molecule has 1 saturated heterocycles. The van der Waals surface area contributed by atoms with E-state index in [1.165, 1.54) is 51.6 Å². The molecule has 2 aliphatic rings. The minimum atomic E-state index is 0.812. The van der Waals surface area contributed by atoms with Gasteiger partial charge in [0, 0.05) is 12.1 Å². The van der Waals surface area contributed by atoms with Gasteiger partial charge in [0.1, 0.15) is 0 Å². The molecular formula is C17H34N2. The highest BCUT2D eigenvalue weighted by molar-refractivity contribution is 4.89. The van der Waals surface area contributed by atoms with Crippen molar-refractivity contribution in [2.24, 2.45) is 17.8 Å². The van der Waals surface area contributed by atoms with Crippen LogP contribution in [0, 0.1) is 17.8 Å². The van der Waals surface area contributed by atoms with Crippen molar-refractivity contribution < 1.29 is 0 Å². The van der Waals surface area contributed by atoms with Gasteiger partial charge >= 0.3 is 0 Å². The molecule has 2 heteroatoms. The molecule has 2 rings (SSSR count). The van der Waals surface area contributed by atoms with E-state index in [0.29, 0.717) is 0 Å². The molecule has 4 unspecified atom stereocenters. The fourth-order valence-electron chi connectivity index (χ4n) is 4.30. The van der Waals surface area contributed by atoms with Gasteiger partial charge in [-0.3, -0.25) is 0 Å². The zero-order valence-corrected chi connectivity index (χ0v) is 13.5. The van der Waals surface area contributed by atoms with Crippen LogP contribution in [0.1, 0.15) is 59.3 Å². The normalized spacial score (nSPS) is 37.6. The Labute approximate surface area is 120 Å². The fourth-order valence-corrected chi connectivity index (χ4v) is 4.30. The number of rotatable bonds is 3. The van der Waals surface area contributed by atoms with Crippen molar-refractivity contribution in [2.45, 2.75) is 71.4 Å². The Balaban J connectivity index is 2.02. The van der Waals surface area contributed by atoms with Crippen molar-refractivity contribution >= 4 is 0 Å². The topological polar surface area (TPSA) is 15.3 Å². The van der Waals surface area contributed by atoms with Gasteiger partial charge in [-0.1, -0.05) is 27.2 Å². The fraction of sp³-hybridized carbons (Fsp3) is 1.00. The first kappa shape index (κ1) is 15.3. The van der Waals surface area contributed by atoms with E-state index >= 15 is 0 Å². The monoisotopic (exact) mass is 266 g/mol. The minimum absolute atomic E-state index is 0.812. The Bertz CT molecular complexity index is 256. The summed E-state index contributed by atoms with van der Waals surface area (Å²) in [6.07, 6.45) is 8.39. The highest BCUT2D eigenvalue weighted by Gasteiger charge is 2.35. The zero-order valence-electron chi connectivity index (χ0n) is 13.5. The van der Waals surface area contributed by atoms with Gasteiger partial charge in [-0.25, -0.2) is 0 Å². The molecule has 112 valence electrons. The van der Waals surface area contributed by atoms with Crippen LogP contribution < -0.4 is 5.32 Å². The van der Waals surface area contributed by atoms with E-state index < -0.39 is 0 Å². The van der Waals surface area contributed by atoms with E-state index in [1.807, 2.05) is 0 Å². The third-order valence-corrected chi connectivity index (χ3v) is 5.63. The van der Waals surface area contributed by atoms with Crippen LogP contribution in [0.15, 0.2) is 0 Å². The lowest BCUT2D eigenvalue weighted by molar-refractivity contribution is 0.0447.